The van der Waals surface area contributed by atoms with Gasteiger partial charge in [0.05, 0.1) is 11.8 Å². The molecule has 0 aliphatic carbocycles. The molecular formula is C19H13F4N5O2. The highest BCUT2D eigenvalue weighted by atomic mass is 19.4. The van der Waals surface area contributed by atoms with Crippen LogP contribution in [0.4, 0.5) is 17.6 Å². The van der Waals surface area contributed by atoms with Crippen LogP contribution in [0.2, 0.25) is 0 Å². The van der Waals surface area contributed by atoms with E-state index in [2.05, 4.69) is 15.0 Å². The first-order valence-electron chi connectivity index (χ1n) is 8.50. The zero-order valence-electron chi connectivity index (χ0n) is 15.3. The molecule has 30 heavy (non-hydrogen) atoms. The highest BCUT2D eigenvalue weighted by Crippen LogP contribution is 2.42. The predicted octanol–water partition coefficient (Wildman–Crippen LogP) is 2.92. The first-order chi connectivity index (χ1) is 14.1. The molecule has 4 rings (SSSR count). The molecule has 1 aliphatic rings. The van der Waals surface area contributed by atoms with Crippen molar-refractivity contribution in [2.24, 2.45) is 10.7 Å². The summed E-state index contributed by atoms with van der Waals surface area (Å²) in [5, 5.41) is 0. The molecule has 0 saturated carbocycles. The van der Waals surface area contributed by atoms with E-state index in [1.54, 1.807) is 0 Å². The molecular weight excluding hydrogens is 406 g/mol. The monoisotopic (exact) mass is 419 g/mol. The van der Waals surface area contributed by atoms with Gasteiger partial charge in [0.1, 0.15) is 11.5 Å². The van der Waals surface area contributed by atoms with E-state index < -0.39 is 29.1 Å². The second-order valence-corrected chi connectivity index (χ2v) is 6.53. The van der Waals surface area contributed by atoms with Gasteiger partial charge in [-0.25, -0.2) is 14.4 Å². The average molecular weight is 419 g/mol. The van der Waals surface area contributed by atoms with Gasteiger partial charge in [0.25, 0.3) is 5.91 Å². The quantitative estimate of drug-likeness (QED) is 0.659. The molecule has 0 fully saturated rings. The lowest BCUT2D eigenvalue weighted by Gasteiger charge is -2.27. The van der Waals surface area contributed by atoms with Gasteiger partial charge >= 0.3 is 6.18 Å². The van der Waals surface area contributed by atoms with Gasteiger partial charge in [-0.1, -0.05) is 6.07 Å². The van der Waals surface area contributed by atoms with Crippen LogP contribution < -0.4 is 5.73 Å². The smallest absolute Gasteiger partial charge is 0.433 e. The standard InChI is InChI=1S/C19H13F4N5O2/c1-28-16(29)18(27-17(28)24,11-4-5-26-15(7-11)19(21,22)23)10-2-3-13(20)12(6-10)14-8-25-9-30-14/h2-9H,1H3,(H2,24,27). The van der Waals surface area contributed by atoms with Crippen molar-refractivity contribution in [2.45, 2.75) is 11.7 Å². The Bertz CT molecular complexity index is 1160. The van der Waals surface area contributed by atoms with E-state index in [0.717, 1.165) is 29.6 Å². The summed E-state index contributed by atoms with van der Waals surface area (Å²) in [6.07, 6.45) is -1.45. The van der Waals surface area contributed by atoms with Crippen LogP contribution in [-0.2, 0) is 16.5 Å². The first kappa shape index (κ1) is 19.6. The molecule has 2 N–H and O–H groups in total. The number of aromatic nitrogens is 2. The van der Waals surface area contributed by atoms with Gasteiger partial charge in [-0.2, -0.15) is 13.2 Å². The SMILES string of the molecule is CN1C(=O)C(c2ccnc(C(F)(F)F)c2)(c2ccc(F)c(-c3cnco3)c2)N=C1N. The minimum absolute atomic E-state index is 0.0365. The van der Waals surface area contributed by atoms with Gasteiger partial charge in [-0.15, -0.1) is 0 Å². The number of hydrogen-bond donors (Lipinski definition) is 1. The molecule has 1 atom stereocenters. The van der Waals surface area contributed by atoms with Crippen LogP contribution in [0.25, 0.3) is 11.3 Å². The number of carbonyl (C=O) groups is 1. The number of carbonyl (C=O) groups excluding carboxylic acids is 1. The maximum atomic E-state index is 14.4. The largest absolute Gasteiger partial charge is 0.443 e. The summed E-state index contributed by atoms with van der Waals surface area (Å²) < 4.78 is 59.3. The second-order valence-electron chi connectivity index (χ2n) is 6.53. The number of nitrogens with zero attached hydrogens (tertiary/aromatic N) is 4. The molecule has 0 spiro atoms. The van der Waals surface area contributed by atoms with Gasteiger partial charge in [0.2, 0.25) is 0 Å². The van der Waals surface area contributed by atoms with E-state index in [4.69, 9.17) is 10.2 Å². The van der Waals surface area contributed by atoms with E-state index in [1.807, 2.05) is 0 Å². The first-order valence-corrected chi connectivity index (χ1v) is 8.50. The molecule has 0 saturated heterocycles. The van der Waals surface area contributed by atoms with Crippen LogP contribution >= 0.6 is 0 Å². The molecule has 1 aliphatic heterocycles. The van der Waals surface area contributed by atoms with Crippen molar-refractivity contribution in [1.29, 1.82) is 0 Å². The molecule has 2 aromatic heterocycles. The molecule has 1 amide bonds. The van der Waals surface area contributed by atoms with Crippen molar-refractivity contribution in [3.63, 3.8) is 0 Å². The van der Waals surface area contributed by atoms with E-state index >= 15 is 0 Å². The highest BCUT2D eigenvalue weighted by Gasteiger charge is 2.50. The van der Waals surface area contributed by atoms with Crippen molar-refractivity contribution >= 4 is 11.9 Å². The van der Waals surface area contributed by atoms with Crippen LogP contribution in [0, 0.1) is 5.82 Å². The summed E-state index contributed by atoms with van der Waals surface area (Å²) in [6.45, 7) is 0. The predicted molar refractivity (Wildman–Crippen MR) is 96.3 cm³/mol. The Morgan fingerprint density at radius 2 is 1.90 bits per heavy atom. The number of rotatable bonds is 3. The number of amides is 1. The Kier molecular flexibility index (Phi) is 4.33. The van der Waals surface area contributed by atoms with Crippen molar-refractivity contribution in [1.82, 2.24) is 14.9 Å². The zero-order chi connectivity index (χ0) is 21.7. The van der Waals surface area contributed by atoms with Crippen LogP contribution in [0.15, 0.2) is 58.5 Å². The van der Waals surface area contributed by atoms with Gasteiger partial charge in [-0.3, -0.25) is 14.7 Å². The number of pyridine rings is 1. The van der Waals surface area contributed by atoms with Gasteiger partial charge in [0, 0.05) is 13.2 Å². The molecule has 0 radical (unpaired) electrons. The number of hydrogen-bond acceptors (Lipinski definition) is 6. The van der Waals surface area contributed by atoms with Gasteiger partial charge in [-0.05, 0) is 35.4 Å². The summed E-state index contributed by atoms with van der Waals surface area (Å²) in [6, 6.07) is 5.57. The molecule has 3 heterocycles. The van der Waals surface area contributed by atoms with E-state index in [-0.39, 0.29) is 28.4 Å². The van der Waals surface area contributed by atoms with Crippen molar-refractivity contribution in [2.75, 3.05) is 7.05 Å². The lowest BCUT2D eigenvalue weighted by Crippen LogP contribution is -2.41. The number of oxazole rings is 1. The topological polar surface area (TPSA) is 97.6 Å². The Balaban J connectivity index is 1.99. The molecule has 154 valence electrons. The summed E-state index contributed by atoms with van der Waals surface area (Å²) in [7, 11) is 1.34. The minimum atomic E-state index is -4.74. The third kappa shape index (κ3) is 2.90. The Morgan fingerprint density at radius 1 is 1.17 bits per heavy atom. The second kappa shape index (κ2) is 6.65. The van der Waals surface area contributed by atoms with Crippen LogP contribution in [0.1, 0.15) is 16.8 Å². The van der Waals surface area contributed by atoms with E-state index in [9.17, 15) is 22.4 Å². The zero-order valence-corrected chi connectivity index (χ0v) is 15.3. The highest BCUT2D eigenvalue weighted by molar-refractivity contribution is 6.09. The normalized spacial score (nSPS) is 19.3. The van der Waals surface area contributed by atoms with Crippen molar-refractivity contribution in [3.8, 4) is 11.3 Å². The molecule has 1 unspecified atom stereocenters. The molecule has 7 nitrogen and oxygen atoms in total. The Hall–Kier alpha value is -3.76. The number of aliphatic imine (C=N–C) groups is 1. The average Bonchev–Trinajstić information content (AvgIpc) is 3.32. The molecule has 11 heteroatoms. The number of alkyl halides is 3. The molecule has 3 aromatic rings. The third-order valence-corrected chi connectivity index (χ3v) is 4.79. The minimum Gasteiger partial charge on any atom is -0.443 e. The number of benzene rings is 1. The maximum Gasteiger partial charge on any atom is 0.433 e. The Labute approximate surface area is 166 Å². The summed E-state index contributed by atoms with van der Waals surface area (Å²) in [5.74, 6) is -1.50. The number of nitrogens with two attached hydrogens (primary N) is 1. The van der Waals surface area contributed by atoms with E-state index in [1.165, 1.54) is 31.4 Å². The number of halogens is 4. The van der Waals surface area contributed by atoms with Crippen LogP contribution in [0.3, 0.4) is 0 Å². The van der Waals surface area contributed by atoms with E-state index in [0.29, 0.717) is 0 Å². The van der Waals surface area contributed by atoms with Crippen molar-refractivity contribution < 1.29 is 26.8 Å². The van der Waals surface area contributed by atoms with Gasteiger partial charge < -0.3 is 10.2 Å². The fourth-order valence-electron chi connectivity index (χ4n) is 3.28. The fraction of sp³-hybridized carbons (Fsp3) is 0.158. The third-order valence-electron chi connectivity index (χ3n) is 4.79. The molecule has 0 bridgehead atoms. The van der Waals surface area contributed by atoms with Crippen LogP contribution in [0.5, 0.6) is 0 Å². The van der Waals surface area contributed by atoms with Crippen molar-refractivity contribution in [3.05, 3.63) is 71.8 Å². The fourth-order valence-corrected chi connectivity index (χ4v) is 3.28. The maximum absolute atomic E-state index is 14.4. The Morgan fingerprint density at radius 3 is 2.50 bits per heavy atom. The summed E-state index contributed by atoms with van der Waals surface area (Å²) in [5.41, 5.74) is 2.62. The lowest BCUT2D eigenvalue weighted by atomic mass is 9.82. The lowest BCUT2D eigenvalue weighted by molar-refractivity contribution is -0.141. The van der Waals surface area contributed by atoms with Gasteiger partial charge in [0.15, 0.2) is 23.7 Å². The molecule has 1 aromatic carbocycles. The summed E-state index contributed by atoms with van der Waals surface area (Å²) >= 11 is 0. The number of guanidine groups is 1. The number of likely N-dealkylation sites (N-methyl/N-ethyl adjacent to an activating group) is 1. The summed E-state index contributed by atoms with van der Waals surface area (Å²) in [4.78, 5) is 25.5. The van der Waals surface area contributed by atoms with Crippen LogP contribution in [-0.4, -0.2) is 33.8 Å².